The summed E-state index contributed by atoms with van der Waals surface area (Å²) >= 11 is 0. The first-order valence-electron chi connectivity index (χ1n) is 6.59. The summed E-state index contributed by atoms with van der Waals surface area (Å²) < 4.78 is 0. The van der Waals surface area contributed by atoms with E-state index in [2.05, 4.69) is 27.9 Å². The number of aromatic nitrogens is 2. The third-order valence-electron chi connectivity index (χ3n) is 3.19. The summed E-state index contributed by atoms with van der Waals surface area (Å²) in [6.45, 7) is 6.85. The zero-order chi connectivity index (χ0) is 12.8. The van der Waals surface area contributed by atoms with Crippen LogP contribution in [0, 0.1) is 0 Å². The predicted molar refractivity (Wildman–Crippen MR) is 76.2 cm³/mol. The number of allylic oxidation sites excluding steroid dienone is 5. The number of hydrogen-bond acceptors (Lipinski definition) is 2. The molecule has 2 heterocycles. The van der Waals surface area contributed by atoms with Gasteiger partial charge < -0.3 is 10.3 Å². The van der Waals surface area contributed by atoms with E-state index in [4.69, 9.17) is 0 Å². The molecule has 96 valence electrons. The van der Waals surface area contributed by atoms with Crippen LogP contribution in [0.5, 0.6) is 0 Å². The van der Waals surface area contributed by atoms with Crippen molar-refractivity contribution in [3.63, 3.8) is 0 Å². The van der Waals surface area contributed by atoms with Gasteiger partial charge in [0.2, 0.25) is 0 Å². The van der Waals surface area contributed by atoms with Gasteiger partial charge in [-0.3, -0.25) is 0 Å². The Morgan fingerprint density at radius 1 is 1.50 bits per heavy atom. The van der Waals surface area contributed by atoms with Crippen LogP contribution in [0.25, 0.3) is 5.57 Å². The van der Waals surface area contributed by atoms with Crippen molar-refractivity contribution >= 4 is 5.57 Å². The maximum absolute atomic E-state index is 4.50. The number of hydrogen-bond donors (Lipinski definition) is 2. The molecule has 1 aliphatic rings. The number of H-pyrrole nitrogens is 1. The average Bonchev–Trinajstić information content (AvgIpc) is 2.89. The third-order valence-corrected chi connectivity index (χ3v) is 3.19. The topological polar surface area (TPSA) is 40.7 Å². The Labute approximate surface area is 109 Å². The molecule has 0 bridgehead atoms. The molecule has 1 aromatic rings. The van der Waals surface area contributed by atoms with Crippen molar-refractivity contribution < 1.29 is 0 Å². The van der Waals surface area contributed by atoms with Crippen molar-refractivity contribution in [1.82, 2.24) is 15.3 Å². The van der Waals surface area contributed by atoms with Crippen LogP contribution in [0.1, 0.15) is 43.7 Å². The maximum atomic E-state index is 4.50. The molecule has 1 aromatic heterocycles. The van der Waals surface area contributed by atoms with Crippen LogP contribution >= 0.6 is 0 Å². The zero-order valence-electron chi connectivity index (χ0n) is 10.9. The minimum Gasteiger partial charge on any atom is -0.341 e. The van der Waals surface area contributed by atoms with E-state index in [1.54, 1.807) is 6.08 Å². The van der Waals surface area contributed by atoms with Crippen molar-refractivity contribution in [3.05, 3.63) is 48.6 Å². The van der Waals surface area contributed by atoms with E-state index in [1.807, 2.05) is 25.3 Å². The molecule has 1 aliphatic heterocycles. The number of nitrogens with one attached hydrogen (secondary N) is 2. The maximum Gasteiger partial charge on any atom is 0.123 e. The van der Waals surface area contributed by atoms with Crippen LogP contribution in [0.15, 0.2) is 37.1 Å². The molecule has 3 heteroatoms. The van der Waals surface area contributed by atoms with E-state index in [0.29, 0.717) is 6.04 Å². The van der Waals surface area contributed by atoms with Gasteiger partial charge in [-0.2, -0.15) is 0 Å². The molecule has 1 saturated heterocycles. The number of piperidine rings is 1. The minimum absolute atomic E-state index is 0.378. The summed E-state index contributed by atoms with van der Waals surface area (Å²) in [5.74, 6) is 1.05. The van der Waals surface area contributed by atoms with Crippen molar-refractivity contribution in [2.75, 3.05) is 6.54 Å². The van der Waals surface area contributed by atoms with Crippen molar-refractivity contribution in [2.24, 2.45) is 0 Å². The van der Waals surface area contributed by atoms with Gasteiger partial charge in [0.25, 0.3) is 0 Å². The summed E-state index contributed by atoms with van der Waals surface area (Å²) in [4.78, 5) is 7.91. The Bertz CT molecular complexity index is 448. The highest BCUT2D eigenvalue weighted by molar-refractivity contribution is 5.72. The standard InChI is InChI=1S/C15H21N3/c1-3-7-12(8-4-2)14-11-17-15(18-14)13-9-5-6-10-16-13/h3-4,7-8,11,13,16H,1,5-6,9-10H2,2H3,(H,17,18)/b8-4?,12-7+. The van der Waals surface area contributed by atoms with Gasteiger partial charge in [-0.1, -0.05) is 37.3 Å². The normalized spacial score (nSPS) is 21.4. The molecule has 0 amide bonds. The lowest BCUT2D eigenvalue weighted by atomic mass is 10.0. The second-order valence-corrected chi connectivity index (χ2v) is 4.54. The zero-order valence-corrected chi connectivity index (χ0v) is 10.9. The van der Waals surface area contributed by atoms with E-state index < -0.39 is 0 Å². The second-order valence-electron chi connectivity index (χ2n) is 4.54. The number of nitrogens with zero attached hydrogens (tertiary/aromatic N) is 1. The lowest BCUT2D eigenvalue weighted by Crippen LogP contribution is -2.27. The van der Waals surface area contributed by atoms with E-state index >= 15 is 0 Å². The van der Waals surface area contributed by atoms with Crippen LogP contribution in [-0.2, 0) is 0 Å². The number of imidazole rings is 1. The Balaban J connectivity index is 2.17. The van der Waals surface area contributed by atoms with Crippen molar-refractivity contribution in [1.29, 1.82) is 0 Å². The van der Waals surface area contributed by atoms with Crippen LogP contribution in [0.3, 0.4) is 0 Å². The van der Waals surface area contributed by atoms with Gasteiger partial charge >= 0.3 is 0 Å². The summed E-state index contributed by atoms with van der Waals surface area (Å²) in [6, 6.07) is 0.378. The predicted octanol–water partition coefficient (Wildman–Crippen LogP) is 3.37. The van der Waals surface area contributed by atoms with E-state index in [9.17, 15) is 0 Å². The summed E-state index contributed by atoms with van der Waals surface area (Å²) in [5.41, 5.74) is 2.16. The van der Waals surface area contributed by atoms with Gasteiger partial charge in [-0.15, -0.1) is 0 Å². The largest absolute Gasteiger partial charge is 0.341 e. The molecule has 3 nitrogen and oxygen atoms in total. The van der Waals surface area contributed by atoms with Gasteiger partial charge in [-0.05, 0) is 31.9 Å². The first kappa shape index (κ1) is 12.8. The molecular weight excluding hydrogens is 222 g/mol. The van der Waals surface area contributed by atoms with Crippen LogP contribution in [0.4, 0.5) is 0 Å². The fourth-order valence-electron chi connectivity index (χ4n) is 2.29. The number of aromatic amines is 1. The summed E-state index contributed by atoms with van der Waals surface area (Å²) in [7, 11) is 0. The monoisotopic (exact) mass is 243 g/mol. The molecule has 0 aliphatic carbocycles. The van der Waals surface area contributed by atoms with Crippen LogP contribution < -0.4 is 5.32 Å². The average molecular weight is 243 g/mol. The molecule has 2 rings (SSSR count). The fourth-order valence-corrected chi connectivity index (χ4v) is 2.29. The van der Waals surface area contributed by atoms with Gasteiger partial charge in [-0.25, -0.2) is 4.98 Å². The van der Waals surface area contributed by atoms with Gasteiger partial charge in [0.15, 0.2) is 0 Å². The number of rotatable bonds is 4. The first-order valence-corrected chi connectivity index (χ1v) is 6.59. The minimum atomic E-state index is 0.378. The molecular formula is C15H21N3. The fraction of sp³-hybridized carbons (Fsp3) is 0.400. The highest BCUT2D eigenvalue weighted by atomic mass is 15.0. The van der Waals surface area contributed by atoms with Crippen molar-refractivity contribution in [2.45, 2.75) is 32.2 Å². The molecule has 0 radical (unpaired) electrons. The quantitative estimate of drug-likeness (QED) is 0.796. The first-order chi connectivity index (χ1) is 8.85. The third kappa shape index (κ3) is 2.99. The Morgan fingerprint density at radius 3 is 3.06 bits per heavy atom. The molecule has 0 saturated carbocycles. The summed E-state index contributed by atoms with van der Waals surface area (Å²) in [6.07, 6.45) is 13.5. The molecule has 1 fully saturated rings. The van der Waals surface area contributed by atoms with Gasteiger partial charge in [0.1, 0.15) is 5.82 Å². The van der Waals surface area contributed by atoms with E-state index in [1.165, 1.54) is 12.8 Å². The molecule has 1 atom stereocenters. The lowest BCUT2D eigenvalue weighted by molar-refractivity contribution is 0.399. The lowest BCUT2D eigenvalue weighted by Gasteiger charge is -2.21. The Hall–Kier alpha value is -1.61. The highest BCUT2D eigenvalue weighted by Crippen LogP contribution is 2.22. The van der Waals surface area contributed by atoms with Crippen molar-refractivity contribution in [3.8, 4) is 0 Å². The molecule has 18 heavy (non-hydrogen) atoms. The molecule has 1 unspecified atom stereocenters. The molecule has 0 aromatic carbocycles. The Kier molecular flexibility index (Phi) is 4.53. The SMILES string of the molecule is C=C/C=C(\C=CC)c1cnc(C2CCCCN2)[nH]1. The van der Waals surface area contributed by atoms with E-state index in [0.717, 1.165) is 30.1 Å². The van der Waals surface area contributed by atoms with Crippen LogP contribution in [0.2, 0.25) is 0 Å². The van der Waals surface area contributed by atoms with E-state index in [-0.39, 0.29) is 0 Å². The highest BCUT2D eigenvalue weighted by Gasteiger charge is 2.17. The van der Waals surface area contributed by atoms with Gasteiger partial charge in [0, 0.05) is 0 Å². The second kappa shape index (κ2) is 6.36. The van der Waals surface area contributed by atoms with Crippen LogP contribution in [-0.4, -0.2) is 16.5 Å². The molecule has 2 N–H and O–H groups in total. The smallest absolute Gasteiger partial charge is 0.123 e. The Morgan fingerprint density at radius 2 is 2.39 bits per heavy atom. The van der Waals surface area contributed by atoms with Gasteiger partial charge in [0.05, 0.1) is 17.9 Å². The molecule has 0 spiro atoms. The summed E-state index contributed by atoms with van der Waals surface area (Å²) in [5, 5.41) is 3.50.